The van der Waals surface area contributed by atoms with Gasteiger partial charge in [0.05, 0.1) is 32.1 Å². The van der Waals surface area contributed by atoms with Crippen LogP contribution >= 0.6 is 0 Å². The van der Waals surface area contributed by atoms with E-state index in [4.69, 9.17) is 27.9 Å². The van der Waals surface area contributed by atoms with Crippen LogP contribution in [0, 0.1) is 0 Å². The van der Waals surface area contributed by atoms with Crippen LogP contribution in [0.1, 0.15) is 54.0 Å². The van der Waals surface area contributed by atoms with Crippen molar-refractivity contribution < 1.29 is 41.1 Å². The average molecular weight is 530 g/mol. The van der Waals surface area contributed by atoms with Crippen molar-refractivity contribution in [3.05, 3.63) is 35.9 Å². The van der Waals surface area contributed by atoms with Crippen molar-refractivity contribution >= 4 is 16.2 Å². The number of carbonyl (C=O) groups excluding carboxylic acids is 1. The van der Waals surface area contributed by atoms with Crippen LogP contribution in [-0.4, -0.2) is 80.3 Å². The molecule has 0 aliphatic carbocycles. The lowest BCUT2D eigenvalue weighted by Crippen LogP contribution is -2.58. The highest BCUT2D eigenvalue weighted by Crippen LogP contribution is 2.38. The van der Waals surface area contributed by atoms with Gasteiger partial charge in [-0.2, -0.15) is 8.42 Å². The lowest BCUT2D eigenvalue weighted by Gasteiger charge is -2.39. The van der Waals surface area contributed by atoms with E-state index in [9.17, 15) is 13.2 Å². The lowest BCUT2D eigenvalue weighted by molar-refractivity contribution is -0.167. The standard InChI is InChI=1S/C25H39NO9S/c1-23(2,3)35-22(27)26-18(15-31-24(26,4)5)20(30-14-17-12-10-9-11-13-17)21-19(16-32-36(8,28)29)33-25(6,7)34-21/h9-13,18-21H,14-16H2,1-8H3/t18-,19+,20+,21?/m0/s1. The van der Waals surface area contributed by atoms with Crippen molar-refractivity contribution in [3.8, 4) is 0 Å². The summed E-state index contributed by atoms with van der Waals surface area (Å²) in [7, 11) is -3.72. The van der Waals surface area contributed by atoms with Gasteiger partial charge in [0.25, 0.3) is 10.1 Å². The van der Waals surface area contributed by atoms with Crippen molar-refractivity contribution in [1.29, 1.82) is 0 Å². The molecule has 0 radical (unpaired) electrons. The van der Waals surface area contributed by atoms with Crippen LogP contribution in [-0.2, 0) is 44.6 Å². The van der Waals surface area contributed by atoms with Gasteiger partial charge in [0, 0.05) is 0 Å². The van der Waals surface area contributed by atoms with Crippen molar-refractivity contribution in [2.24, 2.45) is 0 Å². The molecule has 3 rings (SSSR count). The Hall–Kier alpha value is -1.76. The molecule has 1 aromatic rings. The molecular formula is C25H39NO9S. The summed E-state index contributed by atoms with van der Waals surface area (Å²) in [5.41, 5.74) is -0.775. The minimum Gasteiger partial charge on any atom is -0.444 e. The summed E-state index contributed by atoms with van der Waals surface area (Å²) in [5.74, 6) is -1.03. The minimum absolute atomic E-state index is 0.158. The second-order valence-corrected chi connectivity index (χ2v) is 12.7. The molecule has 0 bridgehead atoms. The van der Waals surface area contributed by atoms with Crippen LogP contribution in [0.15, 0.2) is 30.3 Å². The molecule has 0 N–H and O–H groups in total. The van der Waals surface area contributed by atoms with Crippen LogP contribution < -0.4 is 0 Å². The second kappa shape index (κ2) is 10.5. The Kier molecular flexibility index (Phi) is 8.44. The fraction of sp³-hybridized carbons (Fsp3) is 0.720. The summed E-state index contributed by atoms with van der Waals surface area (Å²) >= 11 is 0. The number of hydrogen-bond acceptors (Lipinski definition) is 9. The fourth-order valence-corrected chi connectivity index (χ4v) is 4.77. The van der Waals surface area contributed by atoms with Crippen LogP contribution in [0.3, 0.4) is 0 Å². The van der Waals surface area contributed by atoms with Crippen molar-refractivity contribution in [2.45, 2.75) is 96.5 Å². The van der Waals surface area contributed by atoms with Crippen molar-refractivity contribution in [2.75, 3.05) is 19.5 Å². The first-order chi connectivity index (χ1) is 16.5. The monoisotopic (exact) mass is 529 g/mol. The molecule has 10 nitrogen and oxygen atoms in total. The van der Waals surface area contributed by atoms with Gasteiger partial charge in [-0.25, -0.2) is 4.79 Å². The topological polar surface area (TPSA) is 110 Å². The van der Waals surface area contributed by atoms with Crippen LogP contribution in [0.4, 0.5) is 4.79 Å². The first kappa shape index (κ1) is 28.8. The third-order valence-electron chi connectivity index (χ3n) is 5.77. The van der Waals surface area contributed by atoms with Gasteiger partial charge >= 0.3 is 6.09 Å². The Balaban J connectivity index is 1.96. The van der Waals surface area contributed by atoms with E-state index in [0.717, 1.165) is 11.8 Å². The van der Waals surface area contributed by atoms with E-state index in [2.05, 4.69) is 0 Å². The summed E-state index contributed by atoms with van der Waals surface area (Å²) in [4.78, 5) is 14.9. The number of carbonyl (C=O) groups is 1. The van der Waals surface area contributed by atoms with Gasteiger partial charge in [-0.05, 0) is 54.0 Å². The highest BCUT2D eigenvalue weighted by Gasteiger charge is 2.55. The zero-order valence-electron chi connectivity index (χ0n) is 22.3. The molecule has 0 saturated carbocycles. The number of nitrogens with zero attached hydrogens (tertiary/aromatic N) is 1. The Morgan fingerprint density at radius 1 is 1.14 bits per heavy atom. The highest BCUT2D eigenvalue weighted by atomic mass is 32.2. The van der Waals surface area contributed by atoms with Crippen molar-refractivity contribution in [3.63, 3.8) is 0 Å². The molecule has 2 heterocycles. The van der Waals surface area contributed by atoms with Gasteiger partial charge in [-0.1, -0.05) is 30.3 Å². The van der Waals surface area contributed by atoms with E-state index in [1.165, 1.54) is 4.90 Å². The summed E-state index contributed by atoms with van der Waals surface area (Å²) in [6, 6.07) is 8.97. The van der Waals surface area contributed by atoms with Crippen LogP contribution in [0.5, 0.6) is 0 Å². The molecule has 1 amide bonds. The number of amides is 1. The molecule has 2 aliphatic rings. The molecule has 1 aromatic carbocycles. The fourth-order valence-electron chi connectivity index (χ4n) is 4.39. The summed E-state index contributed by atoms with van der Waals surface area (Å²) in [5, 5.41) is 0. The zero-order chi connectivity index (χ0) is 26.9. The largest absolute Gasteiger partial charge is 0.444 e. The Morgan fingerprint density at radius 2 is 1.78 bits per heavy atom. The first-order valence-corrected chi connectivity index (χ1v) is 13.8. The highest BCUT2D eigenvalue weighted by molar-refractivity contribution is 7.85. The van der Waals surface area contributed by atoms with Crippen molar-refractivity contribution in [1.82, 2.24) is 4.90 Å². The van der Waals surface area contributed by atoms with Gasteiger partial charge in [0.1, 0.15) is 29.6 Å². The average Bonchev–Trinajstić information content (AvgIpc) is 3.20. The molecule has 2 aliphatic heterocycles. The minimum atomic E-state index is -3.72. The molecule has 11 heteroatoms. The lowest BCUT2D eigenvalue weighted by atomic mass is 10.00. The summed E-state index contributed by atoms with van der Waals surface area (Å²) in [6.45, 7) is 12.5. The van der Waals surface area contributed by atoms with Gasteiger partial charge in [0.15, 0.2) is 5.79 Å². The van der Waals surface area contributed by atoms with E-state index in [0.29, 0.717) is 0 Å². The maximum absolute atomic E-state index is 13.3. The zero-order valence-corrected chi connectivity index (χ0v) is 23.2. The Bertz CT molecular complexity index is 1000. The molecule has 204 valence electrons. The molecule has 2 fully saturated rings. The van der Waals surface area contributed by atoms with Gasteiger partial charge in [0.2, 0.25) is 0 Å². The summed E-state index contributed by atoms with van der Waals surface area (Å²) < 4.78 is 58.9. The van der Waals surface area contributed by atoms with Gasteiger partial charge in [-0.3, -0.25) is 9.08 Å². The molecule has 0 spiro atoms. The van der Waals surface area contributed by atoms with E-state index in [-0.39, 0.29) is 19.8 Å². The third-order valence-corrected chi connectivity index (χ3v) is 6.33. The van der Waals surface area contributed by atoms with E-state index < -0.39 is 57.7 Å². The Labute approximate surface area is 214 Å². The molecular weight excluding hydrogens is 490 g/mol. The number of rotatable bonds is 8. The maximum Gasteiger partial charge on any atom is 0.412 e. The molecule has 0 aromatic heterocycles. The van der Waals surface area contributed by atoms with E-state index >= 15 is 0 Å². The number of benzene rings is 1. The predicted octanol–water partition coefficient (Wildman–Crippen LogP) is 3.44. The van der Waals surface area contributed by atoms with E-state index in [1.807, 2.05) is 30.3 Å². The molecule has 4 atom stereocenters. The second-order valence-electron chi connectivity index (χ2n) is 11.1. The van der Waals surface area contributed by atoms with Gasteiger partial charge in [-0.15, -0.1) is 0 Å². The predicted molar refractivity (Wildman–Crippen MR) is 132 cm³/mol. The number of ether oxygens (including phenoxy) is 5. The molecule has 36 heavy (non-hydrogen) atoms. The number of hydrogen-bond donors (Lipinski definition) is 0. The summed E-state index contributed by atoms with van der Waals surface area (Å²) in [6.07, 6.45) is -1.87. The van der Waals surface area contributed by atoms with Crippen LogP contribution in [0.25, 0.3) is 0 Å². The normalized spacial score (nSPS) is 26.7. The van der Waals surface area contributed by atoms with Crippen LogP contribution in [0.2, 0.25) is 0 Å². The SMILES string of the molecule is CC(C)(C)OC(=O)N1[C@H]([C@@H](OCc2ccccc2)C2OC(C)(C)O[C@@H]2COS(C)(=O)=O)COC1(C)C. The smallest absolute Gasteiger partial charge is 0.412 e. The third kappa shape index (κ3) is 7.62. The molecule has 1 unspecified atom stereocenters. The maximum atomic E-state index is 13.3. The quantitative estimate of drug-likeness (QED) is 0.468. The first-order valence-electron chi connectivity index (χ1n) is 12.0. The Morgan fingerprint density at radius 3 is 2.36 bits per heavy atom. The van der Waals surface area contributed by atoms with E-state index in [1.54, 1.807) is 48.5 Å². The molecule has 2 saturated heterocycles. The van der Waals surface area contributed by atoms with Gasteiger partial charge < -0.3 is 23.7 Å².